The monoisotopic (exact) mass is 506 g/mol. The van der Waals surface area contributed by atoms with Crippen LogP contribution in [0, 0.1) is 0 Å². The van der Waals surface area contributed by atoms with E-state index >= 15 is 0 Å². The first kappa shape index (κ1) is 26.7. The van der Waals surface area contributed by atoms with Gasteiger partial charge in [-0.2, -0.15) is 0 Å². The molecule has 0 heterocycles. The smallest absolute Gasteiger partial charge is 0.307 e. The molecule has 0 radical (unpaired) electrons. The van der Waals surface area contributed by atoms with Crippen LogP contribution in [0.4, 0.5) is 0 Å². The minimum absolute atomic E-state index is 0.158. The van der Waals surface area contributed by atoms with Crippen molar-refractivity contribution >= 4 is 29.2 Å². The summed E-state index contributed by atoms with van der Waals surface area (Å²) in [5.74, 6) is 0.644. The molecular formula is C28H30N2O5S. The van der Waals surface area contributed by atoms with Gasteiger partial charge in [0, 0.05) is 18.7 Å². The van der Waals surface area contributed by atoms with Gasteiger partial charge in [0.15, 0.2) is 5.11 Å². The Morgan fingerprint density at radius 3 is 2.19 bits per heavy atom. The molecule has 0 unspecified atom stereocenters. The first-order valence-electron chi connectivity index (χ1n) is 11.8. The van der Waals surface area contributed by atoms with Crippen molar-refractivity contribution < 1.29 is 23.8 Å². The number of amides is 1. The molecule has 36 heavy (non-hydrogen) atoms. The fraction of sp³-hybridized carbons (Fsp3) is 0.250. The maximum absolute atomic E-state index is 12.9. The standard InChI is InChI=1S/C28H30N2O5S/c1-2-33-26(31)16-17-30(21-22-10-5-3-6-11-22)28(36)29-27(32)23-12-9-15-25(20-23)35-19-18-34-24-13-7-4-8-14-24/h3-15,20H,2,16-19,21H2,1H3,(H,29,32,36). The fourth-order valence-electron chi connectivity index (χ4n) is 3.33. The minimum Gasteiger partial charge on any atom is -0.490 e. The van der Waals surface area contributed by atoms with Crippen molar-refractivity contribution in [1.82, 2.24) is 10.2 Å². The second kappa shape index (κ2) is 14.5. The molecule has 0 spiro atoms. The zero-order valence-electron chi connectivity index (χ0n) is 20.2. The summed E-state index contributed by atoms with van der Waals surface area (Å²) in [4.78, 5) is 26.6. The quantitative estimate of drug-likeness (QED) is 0.218. The number of carbonyl (C=O) groups is 2. The van der Waals surface area contributed by atoms with Gasteiger partial charge in [0.2, 0.25) is 0 Å². The lowest BCUT2D eigenvalue weighted by molar-refractivity contribution is -0.143. The lowest BCUT2D eigenvalue weighted by Gasteiger charge is -2.25. The number of benzene rings is 3. The Balaban J connectivity index is 1.56. The second-order valence-electron chi connectivity index (χ2n) is 7.76. The minimum atomic E-state index is -0.361. The molecule has 3 aromatic carbocycles. The maximum Gasteiger partial charge on any atom is 0.307 e. The van der Waals surface area contributed by atoms with E-state index < -0.39 is 0 Å². The van der Waals surface area contributed by atoms with Gasteiger partial charge >= 0.3 is 5.97 Å². The molecule has 0 bridgehead atoms. The third-order valence-electron chi connectivity index (χ3n) is 5.08. The van der Waals surface area contributed by atoms with Gasteiger partial charge in [0.1, 0.15) is 24.7 Å². The third-order valence-corrected chi connectivity index (χ3v) is 5.44. The van der Waals surface area contributed by atoms with E-state index in [0.29, 0.717) is 44.2 Å². The van der Waals surface area contributed by atoms with Crippen molar-refractivity contribution in [2.75, 3.05) is 26.4 Å². The second-order valence-corrected chi connectivity index (χ2v) is 8.15. The van der Waals surface area contributed by atoms with Crippen LogP contribution in [0.1, 0.15) is 29.3 Å². The van der Waals surface area contributed by atoms with Gasteiger partial charge in [0.05, 0.1) is 13.0 Å². The number of nitrogens with one attached hydrogen (secondary N) is 1. The van der Waals surface area contributed by atoms with Crippen LogP contribution < -0.4 is 14.8 Å². The molecule has 0 aliphatic heterocycles. The Hall–Kier alpha value is -3.91. The molecule has 0 fully saturated rings. The van der Waals surface area contributed by atoms with Gasteiger partial charge in [0.25, 0.3) is 5.91 Å². The Kier molecular flexibility index (Phi) is 10.7. The summed E-state index contributed by atoms with van der Waals surface area (Å²) in [7, 11) is 0. The van der Waals surface area contributed by atoms with Crippen molar-refractivity contribution in [1.29, 1.82) is 0 Å². The molecule has 0 aromatic heterocycles. The van der Waals surface area contributed by atoms with E-state index in [4.69, 9.17) is 26.4 Å². The number of rotatable bonds is 12. The number of esters is 1. The van der Waals surface area contributed by atoms with Crippen molar-refractivity contribution in [3.8, 4) is 11.5 Å². The zero-order chi connectivity index (χ0) is 25.6. The maximum atomic E-state index is 12.9. The molecule has 3 aromatic rings. The molecule has 188 valence electrons. The van der Waals surface area contributed by atoms with Gasteiger partial charge in [-0.25, -0.2) is 0 Å². The van der Waals surface area contributed by atoms with E-state index in [1.54, 1.807) is 36.1 Å². The predicted molar refractivity (Wildman–Crippen MR) is 142 cm³/mol. The summed E-state index contributed by atoms with van der Waals surface area (Å²) in [5, 5.41) is 3.01. The Labute approximate surface area is 217 Å². The highest BCUT2D eigenvalue weighted by Gasteiger charge is 2.17. The Bertz CT molecular complexity index is 1130. The van der Waals surface area contributed by atoms with Crippen LogP contribution >= 0.6 is 12.2 Å². The van der Waals surface area contributed by atoms with Crippen molar-refractivity contribution in [3.63, 3.8) is 0 Å². The fourth-order valence-corrected chi connectivity index (χ4v) is 3.58. The normalized spacial score (nSPS) is 10.2. The van der Waals surface area contributed by atoms with Crippen molar-refractivity contribution in [2.24, 2.45) is 0 Å². The van der Waals surface area contributed by atoms with Gasteiger partial charge in [-0.3, -0.25) is 14.9 Å². The van der Waals surface area contributed by atoms with Crippen molar-refractivity contribution in [2.45, 2.75) is 19.9 Å². The first-order valence-corrected chi connectivity index (χ1v) is 12.2. The molecule has 3 rings (SSSR count). The van der Waals surface area contributed by atoms with E-state index in [1.807, 2.05) is 60.7 Å². The first-order chi connectivity index (χ1) is 17.5. The highest BCUT2D eigenvalue weighted by molar-refractivity contribution is 7.80. The largest absolute Gasteiger partial charge is 0.490 e. The van der Waals surface area contributed by atoms with Crippen LogP contribution in [0.25, 0.3) is 0 Å². The van der Waals surface area contributed by atoms with Crippen LogP contribution in [0.15, 0.2) is 84.9 Å². The third kappa shape index (κ3) is 9.03. The number of hydrogen-bond acceptors (Lipinski definition) is 6. The number of hydrogen-bond donors (Lipinski definition) is 1. The summed E-state index contributed by atoms with van der Waals surface area (Å²) >= 11 is 5.53. The van der Waals surface area contributed by atoms with Crippen molar-refractivity contribution in [3.05, 3.63) is 96.1 Å². The summed E-state index contributed by atoms with van der Waals surface area (Å²) < 4.78 is 16.4. The number of thiocarbonyl (C=S) groups is 1. The highest BCUT2D eigenvalue weighted by atomic mass is 32.1. The number of ether oxygens (including phenoxy) is 3. The van der Waals surface area contributed by atoms with Gasteiger partial charge in [-0.15, -0.1) is 0 Å². The number of nitrogens with zero attached hydrogens (tertiary/aromatic N) is 1. The molecular weight excluding hydrogens is 476 g/mol. The summed E-state index contributed by atoms with van der Waals surface area (Å²) in [6.45, 7) is 3.55. The van der Waals surface area contributed by atoms with E-state index in [9.17, 15) is 9.59 Å². The number of carbonyl (C=O) groups excluding carboxylic acids is 2. The average Bonchev–Trinajstić information content (AvgIpc) is 2.90. The van der Waals surface area contributed by atoms with Crippen LogP contribution in [0.5, 0.6) is 11.5 Å². The lowest BCUT2D eigenvalue weighted by Crippen LogP contribution is -2.43. The summed E-state index contributed by atoms with van der Waals surface area (Å²) in [6, 6.07) is 26.0. The molecule has 0 saturated heterocycles. The molecule has 8 heteroatoms. The number of para-hydroxylation sites is 1. The molecule has 0 aliphatic rings. The lowest BCUT2D eigenvalue weighted by atomic mass is 10.2. The van der Waals surface area contributed by atoms with Gasteiger partial charge in [-0.1, -0.05) is 54.6 Å². The van der Waals surface area contributed by atoms with Crippen LogP contribution in [-0.2, 0) is 16.1 Å². The van der Waals surface area contributed by atoms with Crippen LogP contribution in [-0.4, -0.2) is 48.3 Å². The van der Waals surface area contributed by atoms with Crippen LogP contribution in [0.3, 0.4) is 0 Å². The molecule has 1 amide bonds. The summed E-state index contributed by atoms with van der Waals surface area (Å²) in [6.07, 6.45) is 0.158. The van der Waals surface area contributed by atoms with Gasteiger partial charge < -0.3 is 19.1 Å². The Morgan fingerprint density at radius 1 is 0.861 bits per heavy atom. The molecule has 1 N–H and O–H groups in total. The van der Waals surface area contributed by atoms with E-state index in [-0.39, 0.29) is 23.4 Å². The molecule has 0 atom stereocenters. The van der Waals surface area contributed by atoms with Gasteiger partial charge in [-0.05, 0) is 55.0 Å². The van der Waals surface area contributed by atoms with E-state index in [0.717, 1.165) is 11.3 Å². The van der Waals surface area contributed by atoms with E-state index in [1.165, 1.54) is 0 Å². The topological polar surface area (TPSA) is 77.1 Å². The zero-order valence-corrected chi connectivity index (χ0v) is 21.0. The summed E-state index contributed by atoms with van der Waals surface area (Å²) in [5.41, 5.74) is 1.41. The Morgan fingerprint density at radius 2 is 1.50 bits per heavy atom. The average molecular weight is 507 g/mol. The van der Waals surface area contributed by atoms with Crippen LogP contribution in [0.2, 0.25) is 0 Å². The molecule has 7 nitrogen and oxygen atoms in total. The van der Waals surface area contributed by atoms with E-state index in [2.05, 4.69) is 5.32 Å². The highest BCUT2D eigenvalue weighted by Crippen LogP contribution is 2.15. The molecule has 0 aliphatic carbocycles. The predicted octanol–water partition coefficient (Wildman–Crippen LogP) is 4.61. The molecule has 0 saturated carbocycles. The SMILES string of the molecule is CCOC(=O)CCN(Cc1ccccc1)C(=S)NC(=O)c1cccc(OCCOc2ccccc2)c1.